The van der Waals surface area contributed by atoms with Crippen LogP contribution in [0.1, 0.15) is 34.1 Å². The second kappa shape index (κ2) is 5.86. The van der Waals surface area contributed by atoms with Crippen LogP contribution in [0.4, 0.5) is 0 Å². The zero-order chi connectivity index (χ0) is 11.4. The molecule has 0 saturated carbocycles. The quantitative estimate of drug-likeness (QED) is 0.768. The van der Waals surface area contributed by atoms with Crippen molar-refractivity contribution in [1.82, 2.24) is 10.2 Å². The summed E-state index contributed by atoms with van der Waals surface area (Å²) >= 11 is 0. The predicted molar refractivity (Wildman–Crippen MR) is 67.1 cm³/mol. The number of nitrogens with one attached hydrogen (secondary N) is 1. The maximum absolute atomic E-state index is 3.75. The Morgan fingerprint density at radius 1 is 1.33 bits per heavy atom. The van der Waals surface area contributed by atoms with Crippen molar-refractivity contribution in [3.8, 4) is 0 Å². The van der Waals surface area contributed by atoms with Gasteiger partial charge in [-0.2, -0.15) is 0 Å². The molecular weight excluding hydrogens is 184 g/mol. The molecule has 1 fully saturated rings. The first-order valence-electron chi connectivity index (χ1n) is 6.42. The van der Waals surface area contributed by atoms with E-state index >= 15 is 0 Å². The van der Waals surface area contributed by atoms with E-state index in [1.165, 1.54) is 26.1 Å². The van der Waals surface area contributed by atoms with Gasteiger partial charge in [0.2, 0.25) is 0 Å². The Labute approximate surface area is 95.4 Å². The first kappa shape index (κ1) is 13.0. The molecule has 1 saturated heterocycles. The molecule has 2 heteroatoms. The van der Waals surface area contributed by atoms with Crippen molar-refractivity contribution in [2.24, 2.45) is 17.8 Å². The van der Waals surface area contributed by atoms with E-state index in [4.69, 9.17) is 0 Å². The summed E-state index contributed by atoms with van der Waals surface area (Å²) in [7, 11) is 2.23. The van der Waals surface area contributed by atoms with E-state index in [2.05, 4.69) is 45.0 Å². The highest BCUT2D eigenvalue weighted by atomic mass is 15.1. The molecule has 1 aliphatic rings. The lowest BCUT2D eigenvalue weighted by molar-refractivity contribution is 0.169. The first-order chi connectivity index (χ1) is 7.00. The number of rotatable bonds is 4. The van der Waals surface area contributed by atoms with Gasteiger partial charge in [0, 0.05) is 12.6 Å². The van der Waals surface area contributed by atoms with E-state index in [0.29, 0.717) is 0 Å². The smallest absolute Gasteiger partial charge is 0.0117 e. The molecule has 0 aromatic rings. The lowest BCUT2D eigenvalue weighted by Gasteiger charge is -2.36. The van der Waals surface area contributed by atoms with Crippen LogP contribution in [-0.2, 0) is 0 Å². The van der Waals surface area contributed by atoms with Crippen molar-refractivity contribution < 1.29 is 0 Å². The van der Waals surface area contributed by atoms with E-state index in [1.54, 1.807) is 0 Å². The van der Waals surface area contributed by atoms with Gasteiger partial charge in [-0.3, -0.25) is 0 Å². The highest BCUT2D eigenvalue weighted by Crippen LogP contribution is 2.16. The number of nitrogens with zero attached hydrogens (tertiary/aromatic N) is 1. The van der Waals surface area contributed by atoms with E-state index < -0.39 is 0 Å². The van der Waals surface area contributed by atoms with Crippen LogP contribution < -0.4 is 5.32 Å². The summed E-state index contributed by atoms with van der Waals surface area (Å²) in [5.74, 6) is 2.37. The minimum Gasteiger partial charge on any atom is -0.313 e. The van der Waals surface area contributed by atoms with Crippen LogP contribution in [0, 0.1) is 17.8 Å². The third-order valence-corrected chi connectivity index (χ3v) is 3.95. The molecular formula is C13H28N2. The molecule has 0 spiro atoms. The molecule has 3 unspecified atom stereocenters. The highest BCUT2D eigenvalue weighted by Gasteiger charge is 2.24. The number of piperidine rings is 1. The van der Waals surface area contributed by atoms with Crippen LogP contribution in [0.15, 0.2) is 0 Å². The summed E-state index contributed by atoms with van der Waals surface area (Å²) in [6.45, 7) is 13.0. The first-order valence-corrected chi connectivity index (χ1v) is 6.42. The second-order valence-corrected chi connectivity index (χ2v) is 5.76. The summed E-state index contributed by atoms with van der Waals surface area (Å²) in [6, 6.07) is 0.738. The minimum absolute atomic E-state index is 0.738. The van der Waals surface area contributed by atoms with Crippen LogP contribution >= 0.6 is 0 Å². The lowest BCUT2D eigenvalue weighted by atomic mass is 9.92. The molecule has 0 aromatic carbocycles. The Balaban J connectivity index is 2.26. The molecule has 2 nitrogen and oxygen atoms in total. The fraction of sp³-hybridized carbons (Fsp3) is 1.00. The molecule has 15 heavy (non-hydrogen) atoms. The maximum atomic E-state index is 3.75. The van der Waals surface area contributed by atoms with Crippen LogP contribution in [0.25, 0.3) is 0 Å². The Bertz CT molecular complexity index is 179. The number of likely N-dealkylation sites (tertiary alicyclic amines) is 1. The van der Waals surface area contributed by atoms with E-state index in [-0.39, 0.29) is 0 Å². The van der Waals surface area contributed by atoms with Crippen molar-refractivity contribution in [1.29, 1.82) is 0 Å². The van der Waals surface area contributed by atoms with Crippen LogP contribution in [0.3, 0.4) is 0 Å². The summed E-state index contributed by atoms with van der Waals surface area (Å²) < 4.78 is 0. The zero-order valence-corrected chi connectivity index (χ0v) is 11.1. The monoisotopic (exact) mass is 212 g/mol. The average molecular weight is 212 g/mol. The SMILES string of the molecule is CC(C)C(C)CNC1CCN(C)CC1C. The summed E-state index contributed by atoms with van der Waals surface area (Å²) in [6.07, 6.45) is 1.31. The molecule has 1 aliphatic heterocycles. The predicted octanol–water partition coefficient (Wildman–Crippen LogP) is 2.21. The van der Waals surface area contributed by atoms with Gasteiger partial charge in [0.25, 0.3) is 0 Å². The van der Waals surface area contributed by atoms with Crippen molar-refractivity contribution in [2.75, 3.05) is 26.7 Å². The van der Waals surface area contributed by atoms with Crippen molar-refractivity contribution >= 4 is 0 Å². The van der Waals surface area contributed by atoms with Gasteiger partial charge in [-0.25, -0.2) is 0 Å². The topological polar surface area (TPSA) is 15.3 Å². The third-order valence-electron chi connectivity index (χ3n) is 3.95. The Morgan fingerprint density at radius 2 is 2.00 bits per heavy atom. The normalized spacial score (nSPS) is 30.8. The zero-order valence-electron chi connectivity index (χ0n) is 11.1. The Kier molecular flexibility index (Phi) is 5.07. The van der Waals surface area contributed by atoms with Gasteiger partial charge in [-0.05, 0) is 44.3 Å². The summed E-state index contributed by atoms with van der Waals surface area (Å²) in [5.41, 5.74) is 0. The van der Waals surface area contributed by atoms with Gasteiger partial charge in [-0.15, -0.1) is 0 Å². The molecule has 1 heterocycles. The Hall–Kier alpha value is -0.0800. The summed E-state index contributed by atoms with van der Waals surface area (Å²) in [4.78, 5) is 2.44. The van der Waals surface area contributed by atoms with Crippen LogP contribution in [-0.4, -0.2) is 37.6 Å². The van der Waals surface area contributed by atoms with Gasteiger partial charge in [0.15, 0.2) is 0 Å². The maximum Gasteiger partial charge on any atom is 0.0117 e. The summed E-state index contributed by atoms with van der Waals surface area (Å²) in [5, 5.41) is 3.75. The van der Waals surface area contributed by atoms with Gasteiger partial charge in [0.05, 0.1) is 0 Å². The van der Waals surface area contributed by atoms with Crippen molar-refractivity contribution in [3.63, 3.8) is 0 Å². The number of hydrogen-bond donors (Lipinski definition) is 1. The highest BCUT2D eigenvalue weighted by molar-refractivity contribution is 4.82. The fourth-order valence-corrected chi connectivity index (χ4v) is 2.23. The van der Waals surface area contributed by atoms with Crippen molar-refractivity contribution in [2.45, 2.75) is 40.2 Å². The van der Waals surface area contributed by atoms with E-state index in [9.17, 15) is 0 Å². The van der Waals surface area contributed by atoms with Crippen molar-refractivity contribution in [3.05, 3.63) is 0 Å². The Morgan fingerprint density at radius 3 is 2.53 bits per heavy atom. The molecule has 90 valence electrons. The van der Waals surface area contributed by atoms with Gasteiger partial charge in [0.1, 0.15) is 0 Å². The molecule has 1 N–H and O–H groups in total. The van der Waals surface area contributed by atoms with Crippen LogP contribution in [0.5, 0.6) is 0 Å². The average Bonchev–Trinajstić information content (AvgIpc) is 2.15. The standard InChI is InChI=1S/C13H28N2/c1-10(2)11(3)8-14-13-6-7-15(5)9-12(13)4/h10-14H,6-9H2,1-5H3. The largest absolute Gasteiger partial charge is 0.313 e. The minimum atomic E-state index is 0.738. The molecule has 0 aliphatic carbocycles. The molecule has 0 amide bonds. The third kappa shape index (κ3) is 4.12. The van der Waals surface area contributed by atoms with E-state index in [1.807, 2.05) is 0 Å². The fourth-order valence-electron chi connectivity index (χ4n) is 2.23. The lowest BCUT2D eigenvalue weighted by Crippen LogP contribution is -2.48. The van der Waals surface area contributed by atoms with Crippen LogP contribution in [0.2, 0.25) is 0 Å². The molecule has 1 rings (SSSR count). The molecule has 0 bridgehead atoms. The number of hydrogen-bond acceptors (Lipinski definition) is 2. The second-order valence-electron chi connectivity index (χ2n) is 5.76. The van der Waals surface area contributed by atoms with Gasteiger partial charge >= 0.3 is 0 Å². The van der Waals surface area contributed by atoms with Gasteiger partial charge in [-0.1, -0.05) is 27.7 Å². The molecule has 0 aromatic heterocycles. The molecule has 0 radical (unpaired) electrons. The van der Waals surface area contributed by atoms with E-state index in [0.717, 1.165) is 23.8 Å². The molecule has 3 atom stereocenters. The van der Waals surface area contributed by atoms with Gasteiger partial charge < -0.3 is 10.2 Å².